The van der Waals surface area contributed by atoms with Gasteiger partial charge in [0.05, 0.1) is 41.8 Å². The van der Waals surface area contributed by atoms with Crippen molar-refractivity contribution in [2.45, 2.75) is 19.0 Å². The molecule has 2 N–H and O–H groups in total. The second-order valence-electron chi connectivity index (χ2n) is 7.89. The van der Waals surface area contributed by atoms with Crippen molar-refractivity contribution in [1.82, 2.24) is 15.0 Å². The number of fused-ring (bicyclic) bond motifs is 1. The maximum absolute atomic E-state index is 13.4. The number of aromatic hydroxyl groups is 1. The average molecular weight is 519 g/mol. The fourth-order valence-electron chi connectivity index (χ4n) is 3.57. The van der Waals surface area contributed by atoms with E-state index in [1.165, 1.54) is 17.7 Å². The van der Waals surface area contributed by atoms with Crippen LogP contribution in [0.3, 0.4) is 0 Å². The van der Waals surface area contributed by atoms with Gasteiger partial charge in [-0.2, -0.15) is 5.10 Å². The van der Waals surface area contributed by atoms with Gasteiger partial charge in [-0.25, -0.2) is 10.4 Å². The number of phenolic OH excluding ortho intramolecular Hbond substituents is 1. The predicted octanol–water partition coefficient (Wildman–Crippen LogP) is 4.13. The summed E-state index contributed by atoms with van der Waals surface area (Å²) in [6.07, 6.45) is 0. The lowest BCUT2D eigenvalue weighted by molar-refractivity contribution is -0.118. The van der Waals surface area contributed by atoms with Crippen molar-refractivity contribution in [3.63, 3.8) is 0 Å². The molecule has 0 unspecified atom stereocenters. The number of methoxy groups -OCH3 is 1. The molecule has 0 aliphatic heterocycles. The molecule has 0 aliphatic carbocycles. The number of phenols is 1. The topological polar surface area (TPSA) is 115 Å². The number of rotatable bonds is 9. The van der Waals surface area contributed by atoms with Crippen LogP contribution >= 0.6 is 11.8 Å². The maximum atomic E-state index is 13.4. The zero-order valence-corrected chi connectivity index (χ0v) is 21.4. The van der Waals surface area contributed by atoms with Gasteiger partial charge in [-0.3, -0.25) is 14.2 Å². The first-order valence-corrected chi connectivity index (χ1v) is 12.5. The Balaban J connectivity index is 1.56. The number of hydrazone groups is 1. The minimum Gasteiger partial charge on any atom is -0.504 e. The van der Waals surface area contributed by atoms with E-state index in [4.69, 9.17) is 9.47 Å². The first-order valence-electron chi connectivity index (χ1n) is 11.5. The summed E-state index contributed by atoms with van der Waals surface area (Å²) in [7, 11) is 1.46. The summed E-state index contributed by atoms with van der Waals surface area (Å²) < 4.78 is 12.1. The van der Waals surface area contributed by atoms with Crippen LogP contribution in [0.25, 0.3) is 16.6 Å². The molecule has 0 fully saturated rings. The van der Waals surface area contributed by atoms with E-state index in [1.807, 2.05) is 13.0 Å². The molecule has 0 aliphatic rings. The molecule has 0 atom stereocenters. The fraction of sp³-hybridized carbons (Fsp3) is 0.185. The molecule has 10 heteroatoms. The normalized spacial score (nSPS) is 11.4. The smallest absolute Gasteiger partial charge is 0.266 e. The predicted molar refractivity (Wildman–Crippen MR) is 144 cm³/mol. The highest BCUT2D eigenvalue weighted by atomic mass is 32.2. The number of amides is 1. The summed E-state index contributed by atoms with van der Waals surface area (Å²) in [6.45, 7) is 4.17. The zero-order chi connectivity index (χ0) is 26.4. The van der Waals surface area contributed by atoms with E-state index in [0.717, 1.165) is 11.8 Å². The molecule has 190 valence electrons. The van der Waals surface area contributed by atoms with Crippen molar-refractivity contribution in [2.24, 2.45) is 5.10 Å². The van der Waals surface area contributed by atoms with Crippen molar-refractivity contribution in [2.75, 3.05) is 19.5 Å². The number of benzene rings is 3. The lowest BCUT2D eigenvalue weighted by Gasteiger charge is -2.13. The van der Waals surface area contributed by atoms with Crippen molar-refractivity contribution in [1.29, 1.82) is 0 Å². The number of hydrogen-bond donors (Lipinski definition) is 2. The Morgan fingerprint density at radius 2 is 1.89 bits per heavy atom. The lowest BCUT2D eigenvalue weighted by Crippen LogP contribution is -2.24. The Labute approximate surface area is 217 Å². The third-order valence-corrected chi connectivity index (χ3v) is 6.37. The van der Waals surface area contributed by atoms with Crippen LogP contribution in [0.5, 0.6) is 17.2 Å². The van der Waals surface area contributed by atoms with Crippen LogP contribution in [0.2, 0.25) is 0 Å². The summed E-state index contributed by atoms with van der Waals surface area (Å²) in [5.74, 6) is 0.638. The summed E-state index contributed by atoms with van der Waals surface area (Å²) in [6, 6.07) is 19.0. The number of carbonyl (C=O) groups is 1. The molecule has 4 aromatic rings. The van der Waals surface area contributed by atoms with Gasteiger partial charge >= 0.3 is 0 Å². The average Bonchev–Trinajstić information content (AvgIpc) is 2.91. The molecule has 4 rings (SSSR count). The van der Waals surface area contributed by atoms with Crippen molar-refractivity contribution >= 4 is 34.3 Å². The van der Waals surface area contributed by atoms with Crippen molar-refractivity contribution in [3.8, 4) is 22.9 Å². The van der Waals surface area contributed by atoms with E-state index in [-0.39, 0.29) is 23.0 Å². The van der Waals surface area contributed by atoms with Crippen LogP contribution in [0, 0.1) is 0 Å². The van der Waals surface area contributed by atoms with Gasteiger partial charge in [-0.05, 0) is 68.4 Å². The largest absolute Gasteiger partial charge is 0.504 e. The summed E-state index contributed by atoms with van der Waals surface area (Å²) in [5.41, 5.74) is 4.68. The van der Waals surface area contributed by atoms with E-state index in [2.05, 4.69) is 15.5 Å². The second kappa shape index (κ2) is 11.6. The molecule has 1 amide bonds. The van der Waals surface area contributed by atoms with Gasteiger partial charge < -0.3 is 14.6 Å². The fourth-order valence-corrected chi connectivity index (χ4v) is 4.38. The van der Waals surface area contributed by atoms with Crippen molar-refractivity contribution < 1.29 is 19.4 Å². The van der Waals surface area contributed by atoms with E-state index in [1.54, 1.807) is 61.5 Å². The van der Waals surface area contributed by atoms with E-state index < -0.39 is 0 Å². The van der Waals surface area contributed by atoms with Gasteiger partial charge in [0.25, 0.3) is 11.5 Å². The Hall–Kier alpha value is -4.31. The van der Waals surface area contributed by atoms with Crippen LogP contribution in [-0.2, 0) is 4.79 Å². The van der Waals surface area contributed by atoms with Gasteiger partial charge in [0.1, 0.15) is 5.75 Å². The van der Waals surface area contributed by atoms with Gasteiger partial charge in [-0.15, -0.1) is 0 Å². The summed E-state index contributed by atoms with van der Waals surface area (Å²) in [5, 5.41) is 14.8. The highest BCUT2D eigenvalue weighted by molar-refractivity contribution is 7.99. The maximum Gasteiger partial charge on any atom is 0.266 e. The molecule has 0 bridgehead atoms. The Bertz CT molecular complexity index is 1520. The minimum absolute atomic E-state index is 0.0148. The van der Waals surface area contributed by atoms with Crippen LogP contribution in [0.15, 0.2) is 81.8 Å². The lowest BCUT2D eigenvalue weighted by atomic mass is 10.1. The number of aromatic nitrogens is 2. The molecule has 0 saturated heterocycles. The standard InChI is InChI=1S/C27H26N4O5S/c1-4-36-20-12-10-19(11-13-20)31-26(34)21-7-5-6-8-22(21)28-27(31)37-16-25(33)30-29-17(2)18-9-14-23(32)24(15-18)35-3/h5-15,32H,4,16H2,1-3H3,(H,30,33)/b29-17+. The SMILES string of the molecule is CCOc1ccc(-n2c(SCC(=O)N/N=C(\C)c3ccc(O)c(OC)c3)nc3ccccc3c2=O)cc1. The van der Waals surface area contributed by atoms with Gasteiger partial charge in [-0.1, -0.05) is 23.9 Å². The highest BCUT2D eigenvalue weighted by Gasteiger charge is 2.15. The number of ether oxygens (including phenoxy) is 2. The monoisotopic (exact) mass is 518 g/mol. The van der Waals surface area contributed by atoms with Crippen molar-refractivity contribution in [3.05, 3.63) is 82.6 Å². The summed E-state index contributed by atoms with van der Waals surface area (Å²) >= 11 is 1.14. The molecule has 1 heterocycles. The molecule has 37 heavy (non-hydrogen) atoms. The molecular weight excluding hydrogens is 492 g/mol. The van der Waals surface area contributed by atoms with Crippen LogP contribution in [0.4, 0.5) is 0 Å². The molecule has 0 saturated carbocycles. The van der Waals surface area contributed by atoms with E-state index >= 15 is 0 Å². The third-order valence-electron chi connectivity index (χ3n) is 5.43. The number of carbonyl (C=O) groups excluding carboxylic acids is 1. The Kier molecular flexibility index (Phi) is 8.09. The van der Waals surface area contributed by atoms with E-state index in [9.17, 15) is 14.7 Å². The van der Waals surface area contributed by atoms with Crippen LogP contribution in [0.1, 0.15) is 19.4 Å². The number of hydrogen-bond acceptors (Lipinski definition) is 8. The number of nitrogens with zero attached hydrogens (tertiary/aromatic N) is 3. The second-order valence-corrected chi connectivity index (χ2v) is 8.83. The highest BCUT2D eigenvalue weighted by Crippen LogP contribution is 2.26. The van der Waals surface area contributed by atoms with Crippen LogP contribution in [-0.4, -0.2) is 45.7 Å². The van der Waals surface area contributed by atoms with Gasteiger partial charge in [0, 0.05) is 5.56 Å². The van der Waals surface area contributed by atoms with Gasteiger partial charge in [0.15, 0.2) is 16.7 Å². The van der Waals surface area contributed by atoms with E-state index in [0.29, 0.717) is 51.1 Å². The number of para-hydroxylation sites is 1. The van der Waals surface area contributed by atoms with Gasteiger partial charge in [0.2, 0.25) is 0 Å². The molecule has 1 aromatic heterocycles. The first kappa shape index (κ1) is 25.8. The molecule has 0 spiro atoms. The third kappa shape index (κ3) is 5.92. The molecule has 0 radical (unpaired) electrons. The minimum atomic E-state index is -0.365. The molecule has 3 aromatic carbocycles. The Morgan fingerprint density at radius 3 is 2.62 bits per heavy atom. The quantitative estimate of drug-likeness (QED) is 0.148. The molecular formula is C27H26N4O5S. The molecule has 9 nitrogen and oxygen atoms in total. The van der Waals surface area contributed by atoms with Crippen LogP contribution < -0.4 is 20.5 Å². The Morgan fingerprint density at radius 1 is 1.14 bits per heavy atom. The number of nitrogens with one attached hydrogen (secondary N) is 1. The number of thioether (sulfide) groups is 1. The zero-order valence-electron chi connectivity index (χ0n) is 20.6. The first-order chi connectivity index (χ1) is 17.9. The summed E-state index contributed by atoms with van der Waals surface area (Å²) in [4.78, 5) is 30.6.